The molecule has 0 aliphatic heterocycles. The molecule has 2 aromatic rings. The average Bonchev–Trinajstić information content (AvgIpc) is 2.68. The lowest BCUT2D eigenvalue weighted by Crippen LogP contribution is -2.18. The van der Waals surface area contributed by atoms with Gasteiger partial charge in [0.05, 0.1) is 7.11 Å². The second-order valence-corrected chi connectivity index (χ2v) is 9.58. The predicted molar refractivity (Wildman–Crippen MR) is 125 cm³/mol. The first-order valence-electron chi connectivity index (χ1n) is 10.3. The summed E-state index contributed by atoms with van der Waals surface area (Å²) in [5, 5.41) is 9.02. The Kier molecular flexibility index (Phi) is 7.55. The van der Waals surface area contributed by atoms with Gasteiger partial charge in [-0.3, -0.25) is 0 Å². The van der Waals surface area contributed by atoms with Gasteiger partial charge in [-0.25, -0.2) is 4.79 Å². The van der Waals surface area contributed by atoms with Gasteiger partial charge in [-0.05, 0) is 46.2 Å². The number of hydrogen-bond donors (Lipinski definition) is 1. The summed E-state index contributed by atoms with van der Waals surface area (Å²) >= 11 is 0. The lowest BCUT2D eigenvalue weighted by molar-refractivity contribution is -0.131. The Hall–Kier alpha value is -2.79. The monoisotopic (exact) mass is 426 g/mol. The van der Waals surface area contributed by atoms with Gasteiger partial charge < -0.3 is 19.3 Å². The number of aliphatic carboxylic acids is 1. The summed E-state index contributed by atoms with van der Waals surface area (Å²) in [6.07, 6.45) is 2.69. The summed E-state index contributed by atoms with van der Waals surface area (Å²) in [5.74, 6) is 0.421. The normalized spacial score (nSPS) is 12.3. The number of rotatable bonds is 7. The van der Waals surface area contributed by atoms with E-state index in [1.165, 1.54) is 5.56 Å². The first-order valence-corrected chi connectivity index (χ1v) is 10.3. The highest BCUT2D eigenvalue weighted by atomic mass is 16.7. The van der Waals surface area contributed by atoms with Crippen LogP contribution in [0.1, 0.15) is 58.2 Å². The summed E-state index contributed by atoms with van der Waals surface area (Å²) in [4.78, 5) is 11.0. The van der Waals surface area contributed by atoms with E-state index in [2.05, 4.69) is 53.7 Å². The number of ether oxygens (including phenoxy) is 3. The van der Waals surface area contributed by atoms with Gasteiger partial charge in [0.25, 0.3) is 0 Å². The minimum absolute atomic E-state index is 0.0740. The fourth-order valence-electron chi connectivity index (χ4n) is 3.32. The lowest BCUT2D eigenvalue weighted by Gasteiger charge is -2.29. The molecule has 2 rings (SSSR count). The Bertz CT molecular complexity index is 959. The molecule has 1 N–H and O–H groups in total. The van der Waals surface area contributed by atoms with E-state index in [9.17, 15) is 4.79 Å². The third kappa shape index (κ3) is 6.11. The van der Waals surface area contributed by atoms with Crippen LogP contribution in [0, 0.1) is 0 Å². The standard InChI is InChI=1S/C26H34O5/c1-25(2,3)18-14-20(24(30-8)21(15-18)26(4,5)6)19-13-17(10-12-23(27)28)9-11-22(19)31-16-29-7/h9-15H,16H2,1-8H3,(H,27,28)/b12-10+. The molecule has 0 saturated heterocycles. The molecule has 0 aliphatic carbocycles. The molecule has 0 radical (unpaired) electrons. The summed E-state index contributed by atoms with van der Waals surface area (Å²) in [7, 11) is 3.25. The molecule has 0 bridgehead atoms. The summed E-state index contributed by atoms with van der Waals surface area (Å²) in [6, 6.07) is 9.91. The van der Waals surface area contributed by atoms with E-state index in [4.69, 9.17) is 19.3 Å². The molecule has 0 fully saturated rings. The molecular weight excluding hydrogens is 392 g/mol. The number of carbonyl (C=O) groups is 1. The molecule has 0 spiro atoms. The SMILES string of the molecule is COCOc1ccc(/C=C/C(=O)O)cc1-c1cc(C(C)(C)C)cc(C(C)(C)C)c1OC. The number of carboxylic acid groups (broad SMARTS) is 1. The van der Waals surface area contributed by atoms with Crippen LogP contribution >= 0.6 is 0 Å². The van der Waals surface area contributed by atoms with Crippen molar-refractivity contribution in [2.45, 2.75) is 52.4 Å². The topological polar surface area (TPSA) is 65.0 Å². The molecular formula is C26H34O5. The zero-order valence-corrected chi connectivity index (χ0v) is 19.8. The maximum atomic E-state index is 11.0. The first kappa shape index (κ1) is 24.5. The maximum absolute atomic E-state index is 11.0. The van der Waals surface area contributed by atoms with Crippen LogP contribution in [0.3, 0.4) is 0 Å². The van der Waals surface area contributed by atoms with Crippen molar-refractivity contribution in [3.63, 3.8) is 0 Å². The molecule has 0 aliphatic rings. The third-order valence-corrected chi connectivity index (χ3v) is 5.01. The predicted octanol–water partition coefficient (Wildman–Crippen LogP) is 6.04. The Morgan fingerprint density at radius 1 is 0.968 bits per heavy atom. The van der Waals surface area contributed by atoms with E-state index in [1.807, 2.05) is 18.2 Å². The molecule has 0 unspecified atom stereocenters. The fraction of sp³-hybridized carbons (Fsp3) is 0.423. The van der Waals surface area contributed by atoms with Crippen LogP contribution in [-0.4, -0.2) is 32.1 Å². The van der Waals surface area contributed by atoms with Crippen LogP contribution in [0.5, 0.6) is 11.5 Å². The molecule has 0 aromatic heterocycles. The van der Waals surface area contributed by atoms with Gasteiger partial charge in [-0.2, -0.15) is 0 Å². The van der Waals surface area contributed by atoms with Gasteiger partial charge in [-0.1, -0.05) is 53.7 Å². The second kappa shape index (κ2) is 9.56. The Balaban J connectivity index is 2.87. The summed E-state index contributed by atoms with van der Waals surface area (Å²) < 4.78 is 16.9. The maximum Gasteiger partial charge on any atom is 0.328 e. The van der Waals surface area contributed by atoms with E-state index in [-0.39, 0.29) is 17.6 Å². The highest BCUT2D eigenvalue weighted by molar-refractivity contribution is 5.86. The first-order chi connectivity index (χ1) is 14.4. The third-order valence-electron chi connectivity index (χ3n) is 5.01. The largest absolute Gasteiger partial charge is 0.496 e. The van der Waals surface area contributed by atoms with Gasteiger partial charge in [0.1, 0.15) is 11.5 Å². The van der Waals surface area contributed by atoms with Gasteiger partial charge >= 0.3 is 5.97 Å². The van der Waals surface area contributed by atoms with E-state index in [0.717, 1.165) is 34.1 Å². The van der Waals surface area contributed by atoms with Crippen molar-refractivity contribution in [1.29, 1.82) is 0 Å². The minimum atomic E-state index is -0.997. The zero-order valence-electron chi connectivity index (χ0n) is 19.8. The van der Waals surface area contributed by atoms with Crippen LogP contribution in [0.25, 0.3) is 17.2 Å². The van der Waals surface area contributed by atoms with Gasteiger partial charge in [-0.15, -0.1) is 0 Å². The second-order valence-electron chi connectivity index (χ2n) is 9.58. The Morgan fingerprint density at radius 3 is 2.16 bits per heavy atom. The number of carboxylic acids is 1. The lowest BCUT2D eigenvalue weighted by atomic mass is 9.78. The van der Waals surface area contributed by atoms with Gasteiger partial charge in [0.2, 0.25) is 0 Å². The molecule has 0 amide bonds. The van der Waals surface area contributed by atoms with Crippen LogP contribution in [0.15, 0.2) is 36.4 Å². The Labute approximate surface area is 185 Å². The number of benzene rings is 2. The molecule has 0 atom stereocenters. The van der Waals surface area contributed by atoms with E-state index < -0.39 is 5.97 Å². The van der Waals surface area contributed by atoms with Crippen molar-refractivity contribution < 1.29 is 24.1 Å². The minimum Gasteiger partial charge on any atom is -0.496 e. The molecule has 31 heavy (non-hydrogen) atoms. The molecule has 0 saturated carbocycles. The number of methoxy groups -OCH3 is 2. The van der Waals surface area contributed by atoms with Gasteiger partial charge in [0, 0.05) is 29.9 Å². The van der Waals surface area contributed by atoms with Crippen molar-refractivity contribution in [3.05, 3.63) is 53.1 Å². The number of hydrogen-bond acceptors (Lipinski definition) is 4. The van der Waals surface area contributed by atoms with Crippen LogP contribution in [0.4, 0.5) is 0 Å². The highest BCUT2D eigenvalue weighted by Crippen LogP contribution is 2.45. The van der Waals surface area contributed by atoms with Crippen LogP contribution in [0.2, 0.25) is 0 Å². The van der Waals surface area contributed by atoms with Crippen LogP contribution in [-0.2, 0) is 20.4 Å². The van der Waals surface area contributed by atoms with Crippen molar-refractivity contribution in [2.24, 2.45) is 0 Å². The van der Waals surface area contributed by atoms with E-state index in [0.29, 0.717) is 5.75 Å². The highest BCUT2D eigenvalue weighted by Gasteiger charge is 2.27. The smallest absolute Gasteiger partial charge is 0.328 e. The average molecular weight is 427 g/mol. The van der Waals surface area contributed by atoms with E-state index >= 15 is 0 Å². The van der Waals surface area contributed by atoms with Crippen molar-refractivity contribution in [3.8, 4) is 22.6 Å². The Morgan fingerprint density at radius 2 is 1.65 bits per heavy atom. The van der Waals surface area contributed by atoms with Crippen molar-refractivity contribution in [2.75, 3.05) is 21.0 Å². The van der Waals surface area contributed by atoms with Crippen molar-refractivity contribution in [1.82, 2.24) is 0 Å². The fourth-order valence-corrected chi connectivity index (χ4v) is 3.32. The molecule has 2 aromatic carbocycles. The summed E-state index contributed by atoms with van der Waals surface area (Å²) in [6.45, 7) is 13.1. The van der Waals surface area contributed by atoms with Gasteiger partial charge in [0.15, 0.2) is 6.79 Å². The summed E-state index contributed by atoms with van der Waals surface area (Å²) in [5.41, 5.74) is 4.53. The van der Waals surface area contributed by atoms with E-state index in [1.54, 1.807) is 20.3 Å². The molecule has 5 heteroatoms. The molecule has 5 nitrogen and oxygen atoms in total. The zero-order chi connectivity index (χ0) is 23.4. The van der Waals surface area contributed by atoms with Crippen LogP contribution < -0.4 is 9.47 Å². The quantitative estimate of drug-likeness (QED) is 0.432. The van der Waals surface area contributed by atoms with Crippen molar-refractivity contribution >= 4 is 12.0 Å². The molecule has 168 valence electrons. The molecule has 0 heterocycles.